The molecular weight excluding hydrogens is 432 g/mol. The first-order valence-corrected chi connectivity index (χ1v) is 17.2. The summed E-state index contributed by atoms with van der Waals surface area (Å²) in [6.45, 7) is 4.60. The van der Waals surface area contributed by atoms with Gasteiger partial charge in [-0.15, -0.1) is 0 Å². The quantitative estimate of drug-likeness (QED) is 0.0653. The van der Waals surface area contributed by atoms with E-state index in [1.807, 2.05) is 0 Å². The van der Waals surface area contributed by atoms with E-state index in [-0.39, 0.29) is 0 Å². The maximum Gasteiger partial charge on any atom is -0.0351 e. The van der Waals surface area contributed by atoms with Gasteiger partial charge in [0.1, 0.15) is 0 Å². The molecule has 0 spiro atoms. The van der Waals surface area contributed by atoms with Gasteiger partial charge >= 0.3 is 0 Å². The smallest absolute Gasteiger partial charge is 0.0351 e. The van der Waals surface area contributed by atoms with Crippen LogP contribution in [0.1, 0.15) is 206 Å². The third-order valence-corrected chi connectivity index (χ3v) is 7.77. The van der Waals surface area contributed by atoms with Crippen molar-refractivity contribution in [2.45, 2.75) is 206 Å². The average molecular weight is 503 g/mol. The third-order valence-electron chi connectivity index (χ3n) is 7.77. The molecule has 0 saturated heterocycles. The number of hydrogen-bond acceptors (Lipinski definition) is 0. The molecule has 0 aliphatic heterocycles. The van der Waals surface area contributed by atoms with E-state index < -0.39 is 0 Å². The summed E-state index contributed by atoms with van der Waals surface area (Å²) in [7, 11) is 0. The summed E-state index contributed by atoms with van der Waals surface area (Å²) in [5.74, 6) is 0. The fourth-order valence-corrected chi connectivity index (χ4v) is 5.20. The Hall–Kier alpha value is -0.520. The van der Waals surface area contributed by atoms with Crippen LogP contribution in [-0.2, 0) is 0 Å². The Kier molecular flexibility index (Phi) is 34.0. The van der Waals surface area contributed by atoms with E-state index in [0.29, 0.717) is 0 Å². The van der Waals surface area contributed by atoms with Crippen molar-refractivity contribution in [2.24, 2.45) is 0 Å². The molecule has 0 aromatic rings. The van der Waals surface area contributed by atoms with Crippen LogP contribution >= 0.6 is 0 Å². The van der Waals surface area contributed by atoms with Gasteiger partial charge in [0.15, 0.2) is 0 Å². The zero-order valence-electron chi connectivity index (χ0n) is 25.5. The van der Waals surface area contributed by atoms with Crippen molar-refractivity contribution in [3.05, 3.63) is 24.3 Å². The minimum absolute atomic E-state index is 1.30. The predicted molar refractivity (Wildman–Crippen MR) is 168 cm³/mol. The average Bonchev–Trinajstić information content (AvgIpc) is 2.89. The van der Waals surface area contributed by atoms with E-state index in [0.717, 1.165) is 0 Å². The standard InChI is InChI=1S/C36H70/c1-3-5-7-9-11-13-15-17-19-21-23-25-27-29-31-33-35-36-34-32-30-28-26-24-22-20-18-16-14-12-10-8-6-4-2/h17,19,34,36H,3-16,18,20-33,35H2,1-2H3/b19-17+,36-34+. The van der Waals surface area contributed by atoms with Gasteiger partial charge in [-0.25, -0.2) is 0 Å². The SMILES string of the molecule is CCCCCCCC/C=C/CCCCCCCC/C=C/CCCCCCCCCCCCCCCC. The molecule has 0 aromatic heterocycles. The van der Waals surface area contributed by atoms with Gasteiger partial charge in [-0.3, -0.25) is 0 Å². The van der Waals surface area contributed by atoms with Crippen molar-refractivity contribution in [1.29, 1.82) is 0 Å². The van der Waals surface area contributed by atoms with Crippen molar-refractivity contribution < 1.29 is 0 Å². The number of allylic oxidation sites excluding steroid dienone is 4. The zero-order chi connectivity index (χ0) is 26.0. The molecule has 0 atom stereocenters. The molecule has 0 radical (unpaired) electrons. The lowest BCUT2D eigenvalue weighted by molar-refractivity contribution is 0.536. The molecule has 0 saturated carbocycles. The van der Waals surface area contributed by atoms with Gasteiger partial charge < -0.3 is 0 Å². The Morgan fingerprint density at radius 3 is 0.583 bits per heavy atom. The molecule has 0 nitrogen and oxygen atoms in total. The van der Waals surface area contributed by atoms with Crippen molar-refractivity contribution >= 4 is 0 Å². The molecule has 0 amide bonds. The Balaban J connectivity index is 3.12. The fraction of sp³-hybridized carbons (Fsp3) is 0.889. The van der Waals surface area contributed by atoms with Gasteiger partial charge in [-0.05, 0) is 51.4 Å². The van der Waals surface area contributed by atoms with Crippen LogP contribution in [0.3, 0.4) is 0 Å². The Morgan fingerprint density at radius 1 is 0.222 bits per heavy atom. The number of unbranched alkanes of at least 4 members (excludes halogenated alkanes) is 27. The van der Waals surface area contributed by atoms with Crippen LogP contribution in [0.5, 0.6) is 0 Å². The van der Waals surface area contributed by atoms with Gasteiger partial charge in [0.25, 0.3) is 0 Å². The Morgan fingerprint density at radius 2 is 0.389 bits per heavy atom. The molecule has 0 aliphatic rings. The molecule has 0 bridgehead atoms. The Labute approximate surface area is 230 Å². The molecule has 0 aromatic carbocycles. The first kappa shape index (κ1) is 35.5. The molecule has 0 heteroatoms. The molecule has 0 unspecified atom stereocenters. The van der Waals surface area contributed by atoms with E-state index in [1.54, 1.807) is 0 Å². The summed E-state index contributed by atoms with van der Waals surface area (Å²) in [6, 6.07) is 0. The van der Waals surface area contributed by atoms with Crippen molar-refractivity contribution in [3.8, 4) is 0 Å². The van der Waals surface area contributed by atoms with Gasteiger partial charge in [-0.2, -0.15) is 0 Å². The maximum atomic E-state index is 2.46. The molecule has 0 heterocycles. The first-order chi connectivity index (χ1) is 17.9. The maximum absolute atomic E-state index is 2.46. The van der Waals surface area contributed by atoms with Crippen LogP contribution in [0.25, 0.3) is 0 Å². The van der Waals surface area contributed by atoms with Gasteiger partial charge in [0, 0.05) is 0 Å². The van der Waals surface area contributed by atoms with E-state index >= 15 is 0 Å². The van der Waals surface area contributed by atoms with Crippen LogP contribution in [0.4, 0.5) is 0 Å². The highest BCUT2D eigenvalue weighted by Gasteiger charge is 1.94. The summed E-state index contributed by atoms with van der Waals surface area (Å²) in [6.07, 6.45) is 52.4. The van der Waals surface area contributed by atoms with E-state index in [4.69, 9.17) is 0 Å². The second kappa shape index (κ2) is 34.5. The molecule has 0 N–H and O–H groups in total. The lowest BCUT2D eigenvalue weighted by Gasteiger charge is -2.03. The van der Waals surface area contributed by atoms with Gasteiger partial charge in [-0.1, -0.05) is 179 Å². The Bertz CT molecular complexity index is 418. The summed E-state index contributed by atoms with van der Waals surface area (Å²) in [5, 5.41) is 0. The van der Waals surface area contributed by atoms with Crippen LogP contribution < -0.4 is 0 Å². The minimum Gasteiger partial charge on any atom is -0.0885 e. The van der Waals surface area contributed by atoms with Crippen molar-refractivity contribution in [1.82, 2.24) is 0 Å². The fourth-order valence-electron chi connectivity index (χ4n) is 5.20. The topological polar surface area (TPSA) is 0 Å². The number of hydrogen-bond donors (Lipinski definition) is 0. The highest BCUT2D eigenvalue weighted by Crippen LogP contribution is 2.14. The summed E-state index contributed by atoms with van der Waals surface area (Å²) in [4.78, 5) is 0. The molecular formula is C36H70. The first-order valence-electron chi connectivity index (χ1n) is 17.2. The van der Waals surface area contributed by atoms with E-state index in [9.17, 15) is 0 Å². The lowest BCUT2D eigenvalue weighted by Crippen LogP contribution is -1.83. The molecule has 0 rings (SSSR count). The normalized spacial score (nSPS) is 11.9. The molecule has 0 fully saturated rings. The van der Waals surface area contributed by atoms with E-state index in [1.165, 1.54) is 193 Å². The molecule has 0 aliphatic carbocycles. The second-order valence-corrected chi connectivity index (χ2v) is 11.6. The lowest BCUT2D eigenvalue weighted by atomic mass is 10.0. The van der Waals surface area contributed by atoms with Gasteiger partial charge in [0.2, 0.25) is 0 Å². The van der Waals surface area contributed by atoms with Crippen LogP contribution in [-0.4, -0.2) is 0 Å². The van der Waals surface area contributed by atoms with Crippen LogP contribution in [0.2, 0.25) is 0 Å². The minimum atomic E-state index is 1.30. The zero-order valence-corrected chi connectivity index (χ0v) is 25.5. The highest BCUT2D eigenvalue weighted by molar-refractivity contribution is 4.82. The van der Waals surface area contributed by atoms with Crippen LogP contribution in [0, 0.1) is 0 Å². The highest BCUT2D eigenvalue weighted by atomic mass is 14.0. The molecule has 214 valence electrons. The summed E-state index contributed by atoms with van der Waals surface area (Å²) < 4.78 is 0. The largest absolute Gasteiger partial charge is 0.0885 e. The van der Waals surface area contributed by atoms with Crippen LogP contribution in [0.15, 0.2) is 24.3 Å². The molecule has 36 heavy (non-hydrogen) atoms. The summed E-state index contributed by atoms with van der Waals surface area (Å²) in [5.41, 5.74) is 0. The predicted octanol–water partition coefficient (Wildman–Crippen LogP) is 13.8. The van der Waals surface area contributed by atoms with E-state index in [2.05, 4.69) is 38.2 Å². The monoisotopic (exact) mass is 503 g/mol. The second-order valence-electron chi connectivity index (χ2n) is 11.6. The van der Waals surface area contributed by atoms with Crippen molar-refractivity contribution in [3.63, 3.8) is 0 Å². The summed E-state index contributed by atoms with van der Waals surface area (Å²) >= 11 is 0. The van der Waals surface area contributed by atoms with Gasteiger partial charge in [0.05, 0.1) is 0 Å². The number of rotatable bonds is 31. The van der Waals surface area contributed by atoms with Crippen molar-refractivity contribution in [2.75, 3.05) is 0 Å². The third kappa shape index (κ3) is 33.5.